The van der Waals surface area contributed by atoms with Crippen molar-refractivity contribution in [2.24, 2.45) is 0 Å². The van der Waals surface area contributed by atoms with Gasteiger partial charge in [-0.1, -0.05) is 55.5 Å². The second-order valence-corrected chi connectivity index (χ2v) is 6.99. The van der Waals surface area contributed by atoms with E-state index in [0.717, 1.165) is 5.56 Å². The third-order valence-electron chi connectivity index (χ3n) is 4.89. The molecule has 0 aliphatic rings. The van der Waals surface area contributed by atoms with Gasteiger partial charge in [-0.15, -0.1) is 0 Å². The van der Waals surface area contributed by atoms with Gasteiger partial charge in [-0.2, -0.15) is 0 Å². The Morgan fingerprint density at radius 3 is 2.28 bits per heavy atom. The zero-order valence-electron chi connectivity index (χ0n) is 16.9. The van der Waals surface area contributed by atoms with Gasteiger partial charge in [0.1, 0.15) is 5.75 Å². The summed E-state index contributed by atoms with van der Waals surface area (Å²) in [6.45, 7) is 5.94. The van der Waals surface area contributed by atoms with Crippen LogP contribution in [0.3, 0.4) is 0 Å². The summed E-state index contributed by atoms with van der Waals surface area (Å²) in [5.74, 6) is 0.243. The van der Waals surface area contributed by atoms with Crippen molar-refractivity contribution < 1.29 is 14.3 Å². The normalized spacial score (nSPS) is 11.6. The second kappa shape index (κ2) is 9.20. The Labute approximate surface area is 171 Å². The number of aryl methyl sites for hydroxylation is 2. The van der Waals surface area contributed by atoms with E-state index < -0.39 is 6.10 Å². The van der Waals surface area contributed by atoms with Gasteiger partial charge in [0.15, 0.2) is 11.9 Å². The highest BCUT2D eigenvalue weighted by Gasteiger charge is 2.21. The molecule has 1 amide bonds. The molecule has 0 aliphatic carbocycles. The van der Waals surface area contributed by atoms with E-state index in [0.29, 0.717) is 29.0 Å². The van der Waals surface area contributed by atoms with Crippen molar-refractivity contribution in [2.75, 3.05) is 5.32 Å². The van der Waals surface area contributed by atoms with Crippen molar-refractivity contribution in [1.29, 1.82) is 0 Å². The average molecular weight is 387 g/mol. The Morgan fingerprint density at radius 2 is 1.59 bits per heavy atom. The fraction of sp³-hybridized carbons (Fsp3) is 0.200. The summed E-state index contributed by atoms with van der Waals surface area (Å²) < 4.78 is 5.92. The van der Waals surface area contributed by atoms with Gasteiger partial charge in [-0.3, -0.25) is 9.59 Å². The van der Waals surface area contributed by atoms with Crippen LogP contribution >= 0.6 is 0 Å². The molecule has 0 spiro atoms. The number of anilines is 1. The number of hydrogen-bond acceptors (Lipinski definition) is 3. The molecule has 3 rings (SSSR count). The van der Waals surface area contributed by atoms with Gasteiger partial charge >= 0.3 is 0 Å². The van der Waals surface area contributed by atoms with Crippen LogP contribution in [-0.4, -0.2) is 17.8 Å². The Hall–Kier alpha value is -3.40. The number of benzene rings is 3. The van der Waals surface area contributed by atoms with Gasteiger partial charge in [0.25, 0.3) is 5.91 Å². The largest absolute Gasteiger partial charge is 0.481 e. The van der Waals surface area contributed by atoms with E-state index >= 15 is 0 Å². The van der Waals surface area contributed by atoms with Gasteiger partial charge in [-0.25, -0.2) is 0 Å². The first kappa shape index (κ1) is 20.3. The lowest BCUT2D eigenvalue weighted by molar-refractivity contribution is -0.122. The molecule has 0 saturated carbocycles. The van der Waals surface area contributed by atoms with Crippen LogP contribution in [0.25, 0.3) is 0 Å². The van der Waals surface area contributed by atoms with E-state index in [1.54, 1.807) is 36.4 Å². The molecule has 0 aliphatic heterocycles. The highest BCUT2D eigenvalue weighted by molar-refractivity contribution is 6.14. The van der Waals surface area contributed by atoms with Crippen molar-refractivity contribution >= 4 is 17.4 Å². The van der Waals surface area contributed by atoms with Crippen LogP contribution in [0.1, 0.15) is 40.4 Å². The predicted molar refractivity (Wildman–Crippen MR) is 116 cm³/mol. The molecular weight excluding hydrogens is 362 g/mol. The Morgan fingerprint density at radius 1 is 0.897 bits per heavy atom. The van der Waals surface area contributed by atoms with Crippen molar-refractivity contribution in [3.8, 4) is 5.75 Å². The molecule has 0 aromatic heterocycles. The zero-order valence-corrected chi connectivity index (χ0v) is 16.9. The molecule has 0 fully saturated rings. The summed E-state index contributed by atoms with van der Waals surface area (Å²) >= 11 is 0. The molecule has 1 atom stereocenters. The molecule has 3 aromatic rings. The minimum atomic E-state index is -0.656. The van der Waals surface area contributed by atoms with Crippen LogP contribution in [0, 0.1) is 13.8 Å². The number of nitrogens with one attached hydrogen (secondary N) is 1. The van der Waals surface area contributed by atoms with E-state index in [-0.39, 0.29) is 11.7 Å². The van der Waals surface area contributed by atoms with E-state index in [1.807, 2.05) is 57.2 Å². The number of para-hydroxylation sites is 1. The van der Waals surface area contributed by atoms with Crippen molar-refractivity contribution in [2.45, 2.75) is 33.3 Å². The van der Waals surface area contributed by atoms with Crippen molar-refractivity contribution in [3.05, 3.63) is 95.1 Å². The van der Waals surface area contributed by atoms with Gasteiger partial charge in [0.05, 0.1) is 5.69 Å². The van der Waals surface area contributed by atoms with Gasteiger partial charge < -0.3 is 10.1 Å². The molecular formula is C25H25NO3. The molecule has 148 valence electrons. The summed E-state index contributed by atoms with van der Waals surface area (Å²) in [6, 6.07) is 21.8. The van der Waals surface area contributed by atoms with E-state index in [4.69, 9.17) is 4.74 Å². The van der Waals surface area contributed by atoms with Crippen LogP contribution < -0.4 is 10.1 Å². The number of rotatable bonds is 7. The Balaban J connectivity index is 1.79. The number of hydrogen-bond donors (Lipinski definition) is 1. The van der Waals surface area contributed by atoms with Crippen LogP contribution in [0.4, 0.5) is 5.69 Å². The summed E-state index contributed by atoms with van der Waals surface area (Å²) in [4.78, 5) is 25.7. The second-order valence-electron chi connectivity index (χ2n) is 6.99. The summed E-state index contributed by atoms with van der Waals surface area (Å²) in [5, 5.41) is 2.87. The highest BCUT2D eigenvalue weighted by Crippen LogP contribution is 2.22. The monoisotopic (exact) mass is 387 g/mol. The first-order valence-electron chi connectivity index (χ1n) is 9.73. The number of carbonyl (C=O) groups excluding carboxylic acids is 2. The van der Waals surface area contributed by atoms with Gasteiger partial charge in [-0.05, 0) is 55.7 Å². The maximum absolute atomic E-state index is 12.9. The highest BCUT2D eigenvalue weighted by atomic mass is 16.5. The smallest absolute Gasteiger partial charge is 0.265 e. The molecule has 4 nitrogen and oxygen atoms in total. The quantitative estimate of drug-likeness (QED) is 0.558. The molecule has 3 aromatic carbocycles. The molecule has 0 heterocycles. The van der Waals surface area contributed by atoms with E-state index in [1.165, 1.54) is 5.56 Å². The standard InChI is InChI=1S/C25H25NO3/c1-4-23(29-20-15-14-17(2)18(3)16-20)25(28)26-22-13-9-8-12-21(22)24(27)19-10-6-5-7-11-19/h5-16,23H,4H2,1-3H3,(H,26,28)/t23-/m1/s1. The van der Waals surface area contributed by atoms with Crippen LogP contribution in [0.2, 0.25) is 0 Å². The Bertz CT molecular complexity index is 1010. The first-order chi connectivity index (χ1) is 14.0. The maximum atomic E-state index is 12.9. The zero-order chi connectivity index (χ0) is 20.8. The topological polar surface area (TPSA) is 55.4 Å². The molecule has 29 heavy (non-hydrogen) atoms. The molecule has 0 saturated heterocycles. The molecule has 0 bridgehead atoms. The molecule has 1 N–H and O–H groups in total. The van der Waals surface area contributed by atoms with Crippen LogP contribution in [0.15, 0.2) is 72.8 Å². The lowest BCUT2D eigenvalue weighted by atomic mass is 10.0. The van der Waals surface area contributed by atoms with E-state index in [2.05, 4.69) is 5.32 Å². The lowest BCUT2D eigenvalue weighted by Crippen LogP contribution is -2.33. The summed E-state index contributed by atoms with van der Waals surface area (Å²) in [7, 11) is 0. The predicted octanol–water partition coefficient (Wildman–Crippen LogP) is 5.33. The minimum Gasteiger partial charge on any atom is -0.481 e. The fourth-order valence-electron chi connectivity index (χ4n) is 3.02. The van der Waals surface area contributed by atoms with Gasteiger partial charge in [0.2, 0.25) is 0 Å². The first-order valence-corrected chi connectivity index (χ1v) is 9.73. The number of ether oxygens (including phenoxy) is 1. The number of ketones is 1. The minimum absolute atomic E-state index is 0.135. The summed E-state index contributed by atoms with van der Waals surface area (Å²) in [6.07, 6.45) is -0.148. The van der Waals surface area contributed by atoms with Crippen molar-refractivity contribution in [1.82, 2.24) is 0 Å². The molecule has 0 radical (unpaired) electrons. The van der Waals surface area contributed by atoms with Gasteiger partial charge in [0, 0.05) is 11.1 Å². The number of amides is 1. The number of carbonyl (C=O) groups is 2. The maximum Gasteiger partial charge on any atom is 0.265 e. The van der Waals surface area contributed by atoms with Crippen LogP contribution in [0.5, 0.6) is 5.75 Å². The van der Waals surface area contributed by atoms with E-state index in [9.17, 15) is 9.59 Å². The summed E-state index contributed by atoms with van der Waals surface area (Å²) in [5.41, 5.74) is 3.79. The van der Waals surface area contributed by atoms with Crippen molar-refractivity contribution in [3.63, 3.8) is 0 Å². The average Bonchev–Trinajstić information content (AvgIpc) is 2.75. The SMILES string of the molecule is CC[C@@H](Oc1ccc(C)c(C)c1)C(=O)Nc1ccccc1C(=O)c1ccccc1. The fourth-order valence-corrected chi connectivity index (χ4v) is 3.02. The third-order valence-corrected chi connectivity index (χ3v) is 4.89. The third kappa shape index (κ3) is 4.91. The molecule has 0 unspecified atom stereocenters. The van der Waals surface area contributed by atoms with Crippen LogP contribution in [-0.2, 0) is 4.79 Å². The molecule has 4 heteroatoms. The lowest BCUT2D eigenvalue weighted by Gasteiger charge is -2.19. The Kier molecular flexibility index (Phi) is 6.45.